The number of fused-ring (bicyclic) bond motifs is 1. The summed E-state index contributed by atoms with van der Waals surface area (Å²) in [5.41, 5.74) is 4.52. The number of amides is 2. The Morgan fingerprint density at radius 2 is 1.71 bits per heavy atom. The molecule has 4 rings (SSSR count). The predicted molar refractivity (Wildman–Crippen MR) is 124 cm³/mol. The number of piperidine rings is 1. The Labute approximate surface area is 184 Å². The number of hydrogen-bond donors (Lipinski definition) is 2. The van der Waals surface area contributed by atoms with Crippen LogP contribution in [-0.2, 0) is 16.0 Å². The molecule has 2 amide bonds. The Hall–Kier alpha value is -2.86. The predicted octanol–water partition coefficient (Wildman–Crippen LogP) is 3.35. The summed E-state index contributed by atoms with van der Waals surface area (Å²) in [4.78, 5) is 29.6. The van der Waals surface area contributed by atoms with Crippen molar-refractivity contribution in [1.82, 2.24) is 10.2 Å². The molecule has 0 aliphatic carbocycles. The van der Waals surface area contributed by atoms with E-state index in [0.717, 1.165) is 32.5 Å². The van der Waals surface area contributed by atoms with Crippen LogP contribution in [-0.4, -0.2) is 49.9 Å². The van der Waals surface area contributed by atoms with E-state index in [1.165, 1.54) is 36.1 Å². The highest BCUT2D eigenvalue weighted by Gasteiger charge is 2.25. The van der Waals surface area contributed by atoms with Crippen LogP contribution in [0, 0.1) is 0 Å². The van der Waals surface area contributed by atoms with Crippen LogP contribution in [0.2, 0.25) is 0 Å². The van der Waals surface area contributed by atoms with E-state index in [-0.39, 0.29) is 6.04 Å². The molecule has 0 saturated carbocycles. The van der Waals surface area contributed by atoms with Gasteiger partial charge in [0.25, 0.3) is 0 Å². The smallest absolute Gasteiger partial charge is 0.313 e. The molecule has 1 fully saturated rings. The average Bonchev–Trinajstić information content (AvgIpc) is 2.80. The average molecular weight is 421 g/mol. The van der Waals surface area contributed by atoms with Crippen molar-refractivity contribution in [2.75, 3.05) is 43.4 Å². The first-order valence-corrected chi connectivity index (χ1v) is 11.3. The number of carbonyl (C=O) groups excluding carboxylic acids is 2. The van der Waals surface area contributed by atoms with Crippen molar-refractivity contribution in [3.8, 4) is 0 Å². The van der Waals surface area contributed by atoms with Gasteiger partial charge in [0.05, 0.1) is 6.04 Å². The highest BCUT2D eigenvalue weighted by molar-refractivity contribution is 6.39. The van der Waals surface area contributed by atoms with E-state index in [4.69, 9.17) is 0 Å². The van der Waals surface area contributed by atoms with Gasteiger partial charge >= 0.3 is 11.8 Å². The molecular formula is C25H32N4O2. The van der Waals surface area contributed by atoms with Crippen LogP contribution < -0.4 is 15.5 Å². The lowest BCUT2D eigenvalue weighted by Crippen LogP contribution is -2.43. The summed E-state index contributed by atoms with van der Waals surface area (Å²) >= 11 is 0. The lowest BCUT2D eigenvalue weighted by molar-refractivity contribution is -0.136. The van der Waals surface area contributed by atoms with E-state index >= 15 is 0 Å². The summed E-state index contributed by atoms with van der Waals surface area (Å²) < 4.78 is 0. The van der Waals surface area contributed by atoms with Gasteiger partial charge in [-0.15, -0.1) is 0 Å². The highest BCUT2D eigenvalue weighted by atomic mass is 16.2. The number of benzene rings is 2. The maximum Gasteiger partial charge on any atom is 0.313 e. The molecule has 0 aromatic heterocycles. The van der Waals surface area contributed by atoms with Crippen molar-refractivity contribution in [3.63, 3.8) is 0 Å². The molecule has 1 saturated heterocycles. The van der Waals surface area contributed by atoms with Crippen molar-refractivity contribution < 1.29 is 9.59 Å². The number of anilines is 2. The van der Waals surface area contributed by atoms with Crippen LogP contribution in [0.1, 0.15) is 42.9 Å². The molecule has 2 aromatic carbocycles. The van der Waals surface area contributed by atoms with E-state index in [2.05, 4.69) is 45.7 Å². The van der Waals surface area contributed by atoms with Crippen LogP contribution in [0.25, 0.3) is 0 Å². The zero-order valence-electron chi connectivity index (χ0n) is 18.3. The van der Waals surface area contributed by atoms with Crippen molar-refractivity contribution in [3.05, 3.63) is 59.7 Å². The molecule has 2 N–H and O–H groups in total. The molecule has 6 heteroatoms. The number of nitrogens with one attached hydrogen (secondary N) is 2. The standard InChI is InChI=1S/C25H32N4O2/c1-28-14-8-9-19-17-20(12-13-22(19)28)23(29-15-6-3-7-16-29)18-26-24(30)25(31)27-21-10-4-2-5-11-21/h2,4-5,10-13,17,23H,3,6-9,14-16,18H2,1H3,(H,26,30)(H,27,31)/t23-/m1/s1. The Balaban J connectivity index is 1.47. The van der Waals surface area contributed by atoms with Gasteiger partial charge in [0.2, 0.25) is 0 Å². The van der Waals surface area contributed by atoms with Gasteiger partial charge in [-0.2, -0.15) is 0 Å². The largest absolute Gasteiger partial charge is 0.374 e. The Morgan fingerprint density at radius 3 is 2.48 bits per heavy atom. The zero-order chi connectivity index (χ0) is 21.6. The molecule has 0 radical (unpaired) electrons. The van der Waals surface area contributed by atoms with E-state index in [1.54, 1.807) is 12.1 Å². The molecule has 2 aromatic rings. The fourth-order valence-corrected chi connectivity index (χ4v) is 4.68. The monoisotopic (exact) mass is 420 g/mol. The first kappa shape index (κ1) is 21.4. The summed E-state index contributed by atoms with van der Waals surface area (Å²) in [5.74, 6) is -1.22. The maximum atomic E-state index is 12.5. The van der Waals surface area contributed by atoms with E-state index in [0.29, 0.717) is 12.2 Å². The van der Waals surface area contributed by atoms with Crippen LogP contribution in [0.5, 0.6) is 0 Å². The van der Waals surface area contributed by atoms with Crippen LogP contribution in [0.3, 0.4) is 0 Å². The topological polar surface area (TPSA) is 64.7 Å². The Morgan fingerprint density at radius 1 is 0.935 bits per heavy atom. The van der Waals surface area contributed by atoms with Gasteiger partial charge in [-0.1, -0.05) is 36.8 Å². The quantitative estimate of drug-likeness (QED) is 0.728. The van der Waals surface area contributed by atoms with Gasteiger partial charge in [-0.05, 0) is 68.1 Å². The van der Waals surface area contributed by atoms with Crippen molar-refractivity contribution in [1.29, 1.82) is 0 Å². The van der Waals surface area contributed by atoms with Gasteiger partial charge < -0.3 is 15.5 Å². The zero-order valence-corrected chi connectivity index (χ0v) is 18.3. The van der Waals surface area contributed by atoms with E-state index in [9.17, 15) is 9.59 Å². The number of likely N-dealkylation sites (tertiary alicyclic amines) is 1. The summed E-state index contributed by atoms with van der Waals surface area (Å²) in [6.45, 7) is 3.56. The molecule has 31 heavy (non-hydrogen) atoms. The molecule has 0 unspecified atom stereocenters. The second-order valence-corrected chi connectivity index (χ2v) is 8.56. The van der Waals surface area contributed by atoms with Crippen molar-refractivity contribution >= 4 is 23.2 Å². The van der Waals surface area contributed by atoms with E-state index < -0.39 is 11.8 Å². The van der Waals surface area contributed by atoms with Crippen LogP contribution in [0.15, 0.2) is 48.5 Å². The summed E-state index contributed by atoms with van der Waals surface area (Å²) in [5, 5.41) is 5.54. The molecular weight excluding hydrogens is 388 g/mol. The third-order valence-corrected chi connectivity index (χ3v) is 6.36. The minimum absolute atomic E-state index is 0.0753. The van der Waals surface area contributed by atoms with Crippen molar-refractivity contribution in [2.45, 2.75) is 38.1 Å². The second-order valence-electron chi connectivity index (χ2n) is 8.56. The van der Waals surface area contributed by atoms with Gasteiger partial charge in [-0.3, -0.25) is 14.5 Å². The van der Waals surface area contributed by atoms with Gasteiger partial charge in [0.1, 0.15) is 0 Å². The van der Waals surface area contributed by atoms with Crippen LogP contribution in [0.4, 0.5) is 11.4 Å². The number of rotatable bonds is 5. The molecule has 0 spiro atoms. The SMILES string of the molecule is CN1CCCc2cc([C@@H](CNC(=O)C(=O)Nc3ccccc3)N3CCCCC3)ccc21. The minimum atomic E-state index is -0.629. The number of nitrogens with zero attached hydrogens (tertiary/aromatic N) is 2. The molecule has 2 aliphatic rings. The number of aryl methyl sites for hydroxylation is 1. The molecule has 1 atom stereocenters. The molecule has 164 valence electrons. The van der Waals surface area contributed by atoms with Gasteiger partial charge in [0.15, 0.2) is 0 Å². The summed E-state index contributed by atoms with van der Waals surface area (Å²) in [7, 11) is 2.14. The first-order chi connectivity index (χ1) is 15.1. The summed E-state index contributed by atoms with van der Waals surface area (Å²) in [6, 6.07) is 15.8. The number of para-hydroxylation sites is 1. The first-order valence-electron chi connectivity index (χ1n) is 11.3. The minimum Gasteiger partial charge on any atom is -0.374 e. The van der Waals surface area contributed by atoms with Crippen LogP contribution >= 0.6 is 0 Å². The fraction of sp³-hybridized carbons (Fsp3) is 0.440. The fourth-order valence-electron chi connectivity index (χ4n) is 4.68. The van der Waals surface area contributed by atoms with Gasteiger partial charge in [0, 0.05) is 31.5 Å². The summed E-state index contributed by atoms with van der Waals surface area (Å²) in [6.07, 6.45) is 5.85. The molecule has 6 nitrogen and oxygen atoms in total. The highest BCUT2D eigenvalue weighted by Crippen LogP contribution is 2.31. The number of hydrogen-bond acceptors (Lipinski definition) is 4. The maximum absolute atomic E-state index is 12.5. The molecule has 2 aliphatic heterocycles. The molecule has 2 heterocycles. The number of carbonyl (C=O) groups is 2. The normalized spacial score (nSPS) is 17.5. The third kappa shape index (κ3) is 5.25. The van der Waals surface area contributed by atoms with Gasteiger partial charge in [-0.25, -0.2) is 0 Å². The Kier molecular flexibility index (Phi) is 6.87. The van der Waals surface area contributed by atoms with Crippen molar-refractivity contribution in [2.24, 2.45) is 0 Å². The molecule has 0 bridgehead atoms. The third-order valence-electron chi connectivity index (χ3n) is 6.36. The van der Waals surface area contributed by atoms with E-state index in [1.807, 2.05) is 18.2 Å². The second kappa shape index (κ2) is 9.96. The Bertz CT molecular complexity index is 909. The lowest BCUT2D eigenvalue weighted by atomic mass is 9.95. The lowest BCUT2D eigenvalue weighted by Gasteiger charge is -2.36.